The molecule has 0 aromatic heterocycles. The van der Waals surface area contributed by atoms with Crippen molar-refractivity contribution in [1.82, 2.24) is 14.9 Å². The molecule has 0 spiro atoms. The Balaban J connectivity index is 0.00000320. The highest BCUT2D eigenvalue weighted by Gasteiger charge is 2.28. The zero-order chi connectivity index (χ0) is 20.7. The molecule has 2 aliphatic rings. The van der Waals surface area contributed by atoms with Gasteiger partial charge in [-0.3, -0.25) is 4.99 Å². The van der Waals surface area contributed by atoms with Crippen molar-refractivity contribution in [2.24, 2.45) is 10.9 Å². The van der Waals surface area contributed by atoms with Gasteiger partial charge in [0.15, 0.2) is 5.96 Å². The first-order valence-corrected chi connectivity index (χ1v) is 12.3. The highest BCUT2D eigenvalue weighted by atomic mass is 127. The van der Waals surface area contributed by atoms with Crippen LogP contribution in [0.25, 0.3) is 0 Å². The summed E-state index contributed by atoms with van der Waals surface area (Å²) in [6, 6.07) is 8.57. The van der Waals surface area contributed by atoms with Crippen molar-refractivity contribution in [3.05, 3.63) is 35.4 Å². The molecule has 3 rings (SSSR count). The van der Waals surface area contributed by atoms with Crippen LogP contribution in [0.3, 0.4) is 0 Å². The summed E-state index contributed by atoms with van der Waals surface area (Å²) < 4.78 is 31.5. The van der Waals surface area contributed by atoms with Crippen LogP contribution in [-0.4, -0.2) is 63.8 Å². The Labute approximate surface area is 198 Å². The van der Waals surface area contributed by atoms with Gasteiger partial charge in [0, 0.05) is 45.2 Å². The van der Waals surface area contributed by atoms with E-state index < -0.39 is 10.0 Å². The molecule has 2 fully saturated rings. The molecule has 2 heterocycles. The Hall–Kier alpha value is -0.910. The molecule has 0 bridgehead atoms. The maximum absolute atomic E-state index is 11.9. The fourth-order valence-corrected chi connectivity index (χ4v) is 5.48. The van der Waals surface area contributed by atoms with Crippen LogP contribution in [0.15, 0.2) is 29.3 Å². The summed E-state index contributed by atoms with van der Waals surface area (Å²) in [5.41, 5.74) is 2.46. The van der Waals surface area contributed by atoms with Crippen LogP contribution in [0.2, 0.25) is 0 Å². The van der Waals surface area contributed by atoms with E-state index in [9.17, 15) is 8.42 Å². The quantitative estimate of drug-likeness (QED) is 0.310. The predicted molar refractivity (Wildman–Crippen MR) is 132 cm³/mol. The number of aryl methyl sites for hydroxylation is 1. The number of guanidine groups is 1. The molecule has 0 amide bonds. The lowest BCUT2D eigenvalue weighted by atomic mass is 9.89. The van der Waals surface area contributed by atoms with Crippen LogP contribution in [0.1, 0.15) is 43.4 Å². The van der Waals surface area contributed by atoms with Gasteiger partial charge in [-0.05, 0) is 38.7 Å². The standard InChI is InChI=1S/C21H34N4O3S.HI/c1-3-22-21(23-11-13-25-12-5-15-29(25,26)27)24-16-19-6-4-14-28-20(19)18-9-7-17(2)8-10-18;/h7-10,19-20H,3-6,11-16H2,1-2H3,(H2,22,23,24);1H. The van der Waals surface area contributed by atoms with E-state index in [1.807, 2.05) is 6.92 Å². The fourth-order valence-electron chi connectivity index (χ4n) is 3.95. The molecule has 0 radical (unpaired) electrons. The lowest BCUT2D eigenvalue weighted by Crippen LogP contribution is -2.42. The number of hydrogen-bond donors (Lipinski definition) is 2. The van der Waals surface area contributed by atoms with E-state index in [1.54, 1.807) is 4.31 Å². The molecule has 1 aromatic rings. The second-order valence-electron chi connectivity index (χ2n) is 7.82. The molecule has 2 N–H and O–H groups in total. The van der Waals surface area contributed by atoms with Crippen LogP contribution in [-0.2, 0) is 14.8 Å². The molecule has 7 nitrogen and oxygen atoms in total. The molecular formula is C21H35IN4O3S. The van der Waals surface area contributed by atoms with E-state index in [2.05, 4.69) is 41.8 Å². The van der Waals surface area contributed by atoms with Crippen molar-refractivity contribution >= 4 is 40.0 Å². The number of halogens is 1. The predicted octanol–water partition coefficient (Wildman–Crippen LogP) is 2.67. The van der Waals surface area contributed by atoms with Gasteiger partial charge in [-0.2, -0.15) is 0 Å². The van der Waals surface area contributed by atoms with Gasteiger partial charge < -0.3 is 15.4 Å². The highest BCUT2D eigenvalue weighted by molar-refractivity contribution is 14.0. The molecule has 2 aliphatic heterocycles. The number of nitrogens with zero attached hydrogens (tertiary/aromatic N) is 2. The fraction of sp³-hybridized carbons (Fsp3) is 0.667. The summed E-state index contributed by atoms with van der Waals surface area (Å²) in [6.07, 6.45) is 2.94. The second-order valence-corrected chi connectivity index (χ2v) is 9.91. The van der Waals surface area contributed by atoms with Crippen LogP contribution < -0.4 is 10.6 Å². The molecule has 0 aliphatic carbocycles. The molecule has 30 heavy (non-hydrogen) atoms. The zero-order valence-electron chi connectivity index (χ0n) is 18.0. The maximum atomic E-state index is 11.9. The van der Waals surface area contributed by atoms with Crippen molar-refractivity contribution in [2.45, 2.75) is 39.2 Å². The van der Waals surface area contributed by atoms with E-state index in [-0.39, 0.29) is 35.8 Å². The van der Waals surface area contributed by atoms with Crippen molar-refractivity contribution in [2.75, 3.05) is 45.1 Å². The van der Waals surface area contributed by atoms with E-state index in [0.29, 0.717) is 32.1 Å². The Morgan fingerprint density at radius 1 is 1.23 bits per heavy atom. The molecule has 0 saturated carbocycles. The van der Waals surface area contributed by atoms with E-state index >= 15 is 0 Å². The minimum absolute atomic E-state index is 0. The Morgan fingerprint density at radius 3 is 2.67 bits per heavy atom. The van der Waals surface area contributed by atoms with Gasteiger partial charge in [0.1, 0.15) is 0 Å². The normalized spacial score (nSPS) is 24.3. The minimum atomic E-state index is -3.05. The van der Waals surface area contributed by atoms with Crippen molar-refractivity contribution in [1.29, 1.82) is 0 Å². The second kappa shape index (κ2) is 12.2. The molecule has 2 unspecified atom stereocenters. The van der Waals surface area contributed by atoms with E-state index in [1.165, 1.54) is 11.1 Å². The number of ether oxygens (including phenoxy) is 1. The van der Waals surface area contributed by atoms with Crippen molar-refractivity contribution in [3.63, 3.8) is 0 Å². The lowest BCUT2D eigenvalue weighted by molar-refractivity contribution is -0.0250. The number of sulfonamides is 1. The van der Waals surface area contributed by atoms with Gasteiger partial charge in [0.05, 0.1) is 11.9 Å². The summed E-state index contributed by atoms with van der Waals surface area (Å²) in [5, 5.41) is 6.54. The van der Waals surface area contributed by atoms with E-state index in [0.717, 1.165) is 38.4 Å². The van der Waals surface area contributed by atoms with Crippen LogP contribution in [0.4, 0.5) is 0 Å². The van der Waals surface area contributed by atoms with Gasteiger partial charge in [0.2, 0.25) is 10.0 Å². The van der Waals surface area contributed by atoms with Gasteiger partial charge in [-0.15, -0.1) is 24.0 Å². The number of hydrogen-bond acceptors (Lipinski definition) is 4. The first kappa shape index (κ1) is 25.4. The molecule has 9 heteroatoms. The third kappa shape index (κ3) is 7.06. The Bertz CT molecular complexity index is 786. The molecule has 170 valence electrons. The Kier molecular flexibility index (Phi) is 10.3. The summed E-state index contributed by atoms with van der Waals surface area (Å²) in [6.45, 7) is 8.00. The highest BCUT2D eigenvalue weighted by Crippen LogP contribution is 2.33. The smallest absolute Gasteiger partial charge is 0.214 e. The molecular weight excluding hydrogens is 515 g/mol. The van der Waals surface area contributed by atoms with Gasteiger partial charge in [-0.1, -0.05) is 29.8 Å². The maximum Gasteiger partial charge on any atom is 0.214 e. The topological polar surface area (TPSA) is 83.0 Å². The molecule has 1 aromatic carbocycles. The summed E-state index contributed by atoms with van der Waals surface area (Å²) in [7, 11) is -3.05. The SMILES string of the molecule is CCNC(=NCC1CCCOC1c1ccc(C)cc1)NCCN1CCCS1(=O)=O.I. The average molecular weight is 551 g/mol. The lowest BCUT2D eigenvalue weighted by Gasteiger charge is -2.31. The first-order valence-electron chi connectivity index (χ1n) is 10.7. The first-order chi connectivity index (χ1) is 14.0. The van der Waals surface area contributed by atoms with Crippen LogP contribution in [0, 0.1) is 12.8 Å². The third-order valence-corrected chi connectivity index (χ3v) is 7.49. The monoisotopic (exact) mass is 550 g/mol. The largest absolute Gasteiger partial charge is 0.373 e. The Morgan fingerprint density at radius 2 is 2.00 bits per heavy atom. The van der Waals surface area contributed by atoms with Gasteiger partial charge in [0.25, 0.3) is 0 Å². The van der Waals surface area contributed by atoms with E-state index in [4.69, 9.17) is 9.73 Å². The average Bonchev–Trinajstić information content (AvgIpc) is 3.05. The zero-order valence-corrected chi connectivity index (χ0v) is 21.1. The van der Waals surface area contributed by atoms with Crippen molar-refractivity contribution < 1.29 is 13.2 Å². The third-order valence-electron chi connectivity index (χ3n) is 5.54. The summed E-state index contributed by atoms with van der Waals surface area (Å²) >= 11 is 0. The minimum Gasteiger partial charge on any atom is -0.373 e. The summed E-state index contributed by atoms with van der Waals surface area (Å²) in [5.74, 6) is 1.33. The molecule has 2 atom stereocenters. The van der Waals surface area contributed by atoms with Crippen LogP contribution >= 0.6 is 24.0 Å². The number of benzene rings is 1. The van der Waals surface area contributed by atoms with Gasteiger partial charge >= 0.3 is 0 Å². The van der Waals surface area contributed by atoms with Gasteiger partial charge in [-0.25, -0.2) is 12.7 Å². The molecule has 2 saturated heterocycles. The van der Waals surface area contributed by atoms with Crippen molar-refractivity contribution in [3.8, 4) is 0 Å². The number of nitrogens with one attached hydrogen (secondary N) is 2. The van der Waals surface area contributed by atoms with Crippen LogP contribution in [0.5, 0.6) is 0 Å². The number of aliphatic imine (C=N–C) groups is 1. The summed E-state index contributed by atoms with van der Waals surface area (Å²) in [4.78, 5) is 4.78. The number of rotatable bonds is 7.